The number of ether oxygens (including phenoxy) is 3. The summed E-state index contributed by atoms with van der Waals surface area (Å²) in [6.45, 7) is 11.7. The van der Waals surface area contributed by atoms with Gasteiger partial charge < -0.3 is 23.3 Å². The zero-order valence-electron chi connectivity index (χ0n) is 17.7. The number of hydrogen-bond donors (Lipinski definition) is 0. The fraction of sp³-hybridized carbons (Fsp3) is 0.895. The van der Waals surface area contributed by atoms with Gasteiger partial charge in [0.1, 0.15) is 20.1 Å². The Labute approximate surface area is 179 Å². The van der Waals surface area contributed by atoms with E-state index in [-0.39, 0.29) is 35.2 Å². The molecule has 0 unspecified atom stereocenters. The number of methoxy groups -OCH3 is 1. The van der Waals surface area contributed by atoms with Crippen LogP contribution in [0.25, 0.3) is 0 Å². The molecular formula is C19H34BO5PS2. The fourth-order valence-electron chi connectivity index (χ4n) is 4.45. The van der Waals surface area contributed by atoms with E-state index in [2.05, 4.69) is 27.4 Å². The monoisotopic (exact) mass is 448 g/mol. The lowest BCUT2D eigenvalue weighted by Crippen LogP contribution is -2.39. The molecule has 3 rings (SSSR count). The topological polar surface area (TPSA) is 46.2 Å². The molecule has 2 saturated heterocycles. The van der Waals surface area contributed by atoms with E-state index in [0.29, 0.717) is 19.1 Å². The van der Waals surface area contributed by atoms with Crippen molar-refractivity contribution in [2.24, 2.45) is 5.92 Å². The highest BCUT2D eigenvalue weighted by molar-refractivity contribution is 8.68. The third-order valence-corrected chi connectivity index (χ3v) is 12.0. The van der Waals surface area contributed by atoms with Gasteiger partial charge in [-0.3, -0.25) is 0 Å². The Kier molecular flexibility index (Phi) is 7.81. The Morgan fingerprint density at radius 1 is 1.39 bits per heavy atom. The first-order chi connectivity index (χ1) is 13.2. The summed E-state index contributed by atoms with van der Waals surface area (Å²) in [6.07, 6.45) is 3.85. The highest BCUT2D eigenvalue weighted by Gasteiger charge is 2.55. The van der Waals surface area contributed by atoms with Crippen molar-refractivity contribution < 1.29 is 23.3 Å². The Hall–Kier alpha value is 0.605. The first kappa shape index (κ1) is 23.3. The number of fused-ring (bicyclic) bond motifs is 1. The third kappa shape index (κ3) is 4.91. The summed E-state index contributed by atoms with van der Waals surface area (Å²) in [5.74, 6) is 0.517. The predicted octanol–water partition coefficient (Wildman–Crippen LogP) is 3.66. The van der Waals surface area contributed by atoms with Crippen LogP contribution in [-0.2, 0) is 35.1 Å². The van der Waals surface area contributed by atoms with Crippen molar-refractivity contribution in [2.45, 2.75) is 81.6 Å². The Bertz CT molecular complexity index is 623. The van der Waals surface area contributed by atoms with Gasteiger partial charge in [-0.05, 0) is 57.3 Å². The van der Waals surface area contributed by atoms with E-state index in [9.17, 15) is 0 Å². The van der Waals surface area contributed by atoms with Gasteiger partial charge >= 0.3 is 0 Å². The van der Waals surface area contributed by atoms with Crippen LogP contribution in [0.5, 0.6) is 0 Å². The highest BCUT2D eigenvalue weighted by atomic mass is 32.9. The quantitative estimate of drug-likeness (QED) is 0.243. The minimum absolute atomic E-state index is 0.0230. The molecule has 2 heterocycles. The Morgan fingerprint density at radius 3 is 2.79 bits per heavy atom. The maximum atomic E-state index is 6.58. The molecule has 1 aliphatic carbocycles. The van der Waals surface area contributed by atoms with Crippen LogP contribution in [0.2, 0.25) is 0 Å². The molecule has 2 aliphatic heterocycles. The summed E-state index contributed by atoms with van der Waals surface area (Å²) < 4.78 is 30.4. The normalized spacial score (nSPS) is 45.9. The standard InChI is InChI=1S/C19H34BO5PS2/c1-6-14-16(17(18(20)23-14)22-10-9-21-5)25-26(27)24-15-11-13(12(2)3)7-8-19(15,4)28-26/h13-18H,2,6-11,20H2,1,3-5H3/t13-,14+,15+,16+,17+,18+,19+,26-/m0/s1. The summed E-state index contributed by atoms with van der Waals surface area (Å²) in [4.78, 5) is 0. The largest absolute Gasteiger partial charge is 0.382 e. The minimum atomic E-state index is -2.47. The predicted molar refractivity (Wildman–Crippen MR) is 121 cm³/mol. The Morgan fingerprint density at radius 2 is 2.14 bits per heavy atom. The molecule has 5 nitrogen and oxygen atoms in total. The molecule has 9 heteroatoms. The molecule has 0 amide bonds. The lowest BCUT2D eigenvalue weighted by Gasteiger charge is -2.37. The van der Waals surface area contributed by atoms with Gasteiger partial charge in [0.2, 0.25) is 5.69 Å². The molecule has 0 aromatic rings. The molecule has 8 atom stereocenters. The lowest BCUT2D eigenvalue weighted by molar-refractivity contribution is -0.0313. The second kappa shape index (κ2) is 9.39. The number of hydrogen-bond acceptors (Lipinski definition) is 7. The van der Waals surface area contributed by atoms with Crippen LogP contribution in [0.1, 0.15) is 46.5 Å². The maximum Gasteiger partial charge on any atom is 0.248 e. The molecular weight excluding hydrogens is 414 g/mol. The van der Waals surface area contributed by atoms with Gasteiger partial charge in [0.15, 0.2) is 0 Å². The molecule has 0 spiro atoms. The first-order valence-corrected chi connectivity index (χ1v) is 14.4. The van der Waals surface area contributed by atoms with Gasteiger partial charge in [-0.1, -0.05) is 30.5 Å². The zero-order chi connectivity index (χ0) is 20.5. The van der Waals surface area contributed by atoms with Gasteiger partial charge in [0.25, 0.3) is 0 Å². The van der Waals surface area contributed by atoms with Gasteiger partial charge in [0.05, 0.1) is 31.4 Å². The Balaban J connectivity index is 1.71. The van der Waals surface area contributed by atoms with Crippen molar-refractivity contribution in [2.75, 3.05) is 20.3 Å². The third-order valence-electron chi connectivity index (χ3n) is 6.24. The summed E-state index contributed by atoms with van der Waals surface area (Å²) >= 11 is 7.75. The van der Waals surface area contributed by atoms with Gasteiger partial charge in [-0.25, -0.2) is 0 Å². The molecule has 3 fully saturated rings. The molecule has 1 saturated carbocycles. The van der Waals surface area contributed by atoms with Crippen molar-refractivity contribution in [1.82, 2.24) is 0 Å². The van der Waals surface area contributed by atoms with E-state index in [1.807, 2.05) is 7.85 Å². The molecule has 0 aromatic carbocycles. The molecule has 160 valence electrons. The molecule has 28 heavy (non-hydrogen) atoms. The van der Waals surface area contributed by atoms with Crippen molar-refractivity contribution in [1.29, 1.82) is 0 Å². The molecule has 0 bridgehead atoms. The summed E-state index contributed by atoms with van der Waals surface area (Å²) in [5, 5.41) is 0. The van der Waals surface area contributed by atoms with E-state index < -0.39 is 5.69 Å². The van der Waals surface area contributed by atoms with Crippen LogP contribution < -0.4 is 0 Å². The molecule has 0 aromatic heterocycles. The van der Waals surface area contributed by atoms with Crippen LogP contribution in [0.3, 0.4) is 0 Å². The zero-order valence-corrected chi connectivity index (χ0v) is 20.2. The first-order valence-electron chi connectivity index (χ1n) is 10.3. The lowest BCUT2D eigenvalue weighted by atomic mass is 9.77. The van der Waals surface area contributed by atoms with Crippen molar-refractivity contribution >= 4 is 36.7 Å². The van der Waals surface area contributed by atoms with E-state index in [0.717, 1.165) is 25.7 Å². The summed E-state index contributed by atoms with van der Waals surface area (Å²) in [7, 11) is 3.72. The second-order valence-corrected chi connectivity index (χ2v) is 15.0. The highest BCUT2D eigenvalue weighted by Crippen LogP contribution is 2.76. The maximum absolute atomic E-state index is 6.58. The molecule has 0 radical (unpaired) electrons. The van der Waals surface area contributed by atoms with Gasteiger partial charge in [-0.15, -0.1) is 0 Å². The van der Waals surface area contributed by atoms with Crippen molar-refractivity contribution in [3.63, 3.8) is 0 Å². The summed E-state index contributed by atoms with van der Waals surface area (Å²) in [6, 6.07) is -0.0355. The van der Waals surface area contributed by atoms with Gasteiger partial charge in [-0.2, -0.15) is 0 Å². The minimum Gasteiger partial charge on any atom is -0.382 e. The number of rotatable bonds is 8. The van der Waals surface area contributed by atoms with Crippen LogP contribution in [0.15, 0.2) is 12.2 Å². The SMILES string of the molecule is B[C@@H]1O[C@H](CC)[C@@H](O[P@]2(=S)O[C@@H]3C[C@@H](C(=C)C)CC[C@@]3(C)S2)[C@H]1OCCOC. The van der Waals surface area contributed by atoms with E-state index >= 15 is 0 Å². The van der Waals surface area contributed by atoms with Crippen LogP contribution in [-0.4, -0.2) is 63.3 Å². The van der Waals surface area contributed by atoms with Crippen LogP contribution in [0, 0.1) is 5.92 Å². The average Bonchev–Trinajstić information content (AvgIpc) is 3.07. The van der Waals surface area contributed by atoms with Crippen LogP contribution in [0.4, 0.5) is 0 Å². The second-order valence-electron chi connectivity index (χ2n) is 8.45. The molecule has 3 aliphatic rings. The molecule has 0 N–H and O–H groups in total. The van der Waals surface area contributed by atoms with Crippen molar-refractivity contribution in [3.05, 3.63) is 12.2 Å². The average molecular weight is 448 g/mol. The fourth-order valence-corrected chi connectivity index (χ4v) is 12.0. The summed E-state index contributed by atoms with van der Waals surface area (Å²) in [5.41, 5.74) is -1.23. The van der Waals surface area contributed by atoms with E-state index in [1.54, 1.807) is 18.5 Å². The van der Waals surface area contributed by atoms with E-state index in [1.165, 1.54) is 5.57 Å². The number of allylic oxidation sites excluding steroid dienone is 1. The smallest absolute Gasteiger partial charge is 0.248 e. The van der Waals surface area contributed by atoms with Crippen LogP contribution >= 0.6 is 17.1 Å². The van der Waals surface area contributed by atoms with Crippen molar-refractivity contribution in [3.8, 4) is 0 Å². The van der Waals surface area contributed by atoms with E-state index in [4.69, 9.17) is 35.1 Å². The van der Waals surface area contributed by atoms with Gasteiger partial charge in [0, 0.05) is 11.9 Å².